The topological polar surface area (TPSA) is 62.6 Å². The number of hydrogen-bond donors (Lipinski definition) is 3. The molecule has 6 heteroatoms. The summed E-state index contributed by atoms with van der Waals surface area (Å²) >= 11 is 0. The maximum atomic E-state index is 13.3. The molecule has 0 saturated carbocycles. The number of carbonyl (C=O) groups is 2. The molecule has 3 aromatic carbocycles. The van der Waals surface area contributed by atoms with E-state index in [2.05, 4.69) is 10.6 Å². The molecule has 2 amide bonds. The SMILES string of the molecule is C[NH+](CC(=O)Nc1ccccc1C(=O)NCc1ccccc1)Cc1cccc(F)c1. The predicted molar refractivity (Wildman–Crippen MR) is 115 cm³/mol. The van der Waals surface area contributed by atoms with Crippen LogP contribution in [0.1, 0.15) is 21.5 Å². The molecule has 0 bridgehead atoms. The van der Waals surface area contributed by atoms with E-state index in [1.54, 1.807) is 30.3 Å². The summed E-state index contributed by atoms with van der Waals surface area (Å²) in [5.41, 5.74) is 2.69. The molecule has 0 aliphatic heterocycles. The summed E-state index contributed by atoms with van der Waals surface area (Å²) in [5.74, 6) is -0.761. The second-order valence-corrected chi connectivity index (χ2v) is 7.20. The van der Waals surface area contributed by atoms with Crippen molar-refractivity contribution in [1.29, 1.82) is 0 Å². The largest absolute Gasteiger partial charge is 0.348 e. The van der Waals surface area contributed by atoms with Crippen LogP contribution in [0.4, 0.5) is 10.1 Å². The Morgan fingerprint density at radius 2 is 1.60 bits per heavy atom. The summed E-state index contributed by atoms with van der Waals surface area (Å²) in [6, 6.07) is 22.9. The Kier molecular flexibility index (Phi) is 7.29. The van der Waals surface area contributed by atoms with E-state index in [1.807, 2.05) is 43.4 Å². The number of benzene rings is 3. The lowest BCUT2D eigenvalue weighted by Gasteiger charge is -2.15. The Hall–Kier alpha value is -3.51. The van der Waals surface area contributed by atoms with Crippen LogP contribution in [0.3, 0.4) is 0 Å². The van der Waals surface area contributed by atoms with Gasteiger partial charge in [0.05, 0.1) is 18.3 Å². The van der Waals surface area contributed by atoms with Crippen LogP contribution >= 0.6 is 0 Å². The van der Waals surface area contributed by atoms with Crippen LogP contribution in [-0.4, -0.2) is 25.4 Å². The molecule has 5 nitrogen and oxygen atoms in total. The highest BCUT2D eigenvalue weighted by Crippen LogP contribution is 2.15. The molecule has 0 radical (unpaired) electrons. The zero-order chi connectivity index (χ0) is 21.3. The summed E-state index contributed by atoms with van der Waals surface area (Å²) in [7, 11) is 1.86. The number of carbonyl (C=O) groups excluding carboxylic acids is 2. The van der Waals surface area contributed by atoms with Gasteiger partial charge in [-0.25, -0.2) is 4.39 Å². The van der Waals surface area contributed by atoms with Gasteiger partial charge in [-0.05, 0) is 29.8 Å². The zero-order valence-corrected chi connectivity index (χ0v) is 16.8. The molecule has 3 aromatic rings. The van der Waals surface area contributed by atoms with Crippen molar-refractivity contribution < 1.29 is 18.9 Å². The molecule has 0 spiro atoms. The van der Waals surface area contributed by atoms with Gasteiger partial charge in [0.1, 0.15) is 12.4 Å². The van der Waals surface area contributed by atoms with Crippen LogP contribution in [0.15, 0.2) is 78.9 Å². The first-order chi connectivity index (χ1) is 14.5. The summed E-state index contributed by atoms with van der Waals surface area (Å²) in [6.07, 6.45) is 0. The molecular formula is C24H25FN3O2+. The van der Waals surface area contributed by atoms with Gasteiger partial charge in [-0.2, -0.15) is 0 Å². The smallest absolute Gasteiger partial charge is 0.279 e. The van der Waals surface area contributed by atoms with Crippen molar-refractivity contribution in [3.8, 4) is 0 Å². The van der Waals surface area contributed by atoms with Gasteiger partial charge in [-0.3, -0.25) is 9.59 Å². The van der Waals surface area contributed by atoms with E-state index >= 15 is 0 Å². The standard InChI is InChI=1S/C24H24FN3O2/c1-28(16-19-10-7-11-20(25)14-19)17-23(29)27-22-13-6-5-12-21(22)24(30)26-15-18-8-3-2-4-9-18/h2-14H,15-17H2,1H3,(H,26,30)(H,27,29)/p+1. The molecule has 0 aliphatic rings. The van der Waals surface area contributed by atoms with Crippen LogP contribution in [0.2, 0.25) is 0 Å². The summed E-state index contributed by atoms with van der Waals surface area (Å²) < 4.78 is 13.3. The van der Waals surface area contributed by atoms with Gasteiger partial charge in [0, 0.05) is 12.1 Å². The lowest BCUT2D eigenvalue weighted by atomic mass is 10.1. The van der Waals surface area contributed by atoms with Gasteiger partial charge in [-0.15, -0.1) is 0 Å². The first kappa shape index (κ1) is 21.2. The Labute approximate surface area is 175 Å². The molecule has 154 valence electrons. The van der Waals surface area contributed by atoms with E-state index in [0.29, 0.717) is 24.3 Å². The summed E-state index contributed by atoms with van der Waals surface area (Å²) in [5, 5.41) is 5.70. The van der Waals surface area contributed by atoms with Crippen molar-refractivity contribution in [2.24, 2.45) is 0 Å². The molecule has 0 saturated heterocycles. The third-order valence-corrected chi connectivity index (χ3v) is 4.60. The van der Waals surface area contributed by atoms with Gasteiger partial charge in [0.25, 0.3) is 11.8 Å². The number of halogens is 1. The molecule has 3 N–H and O–H groups in total. The van der Waals surface area contributed by atoms with Crippen LogP contribution in [0.5, 0.6) is 0 Å². The highest BCUT2D eigenvalue weighted by molar-refractivity contribution is 6.03. The number of quaternary nitrogens is 1. The second-order valence-electron chi connectivity index (χ2n) is 7.20. The van der Waals surface area contributed by atoms with Gasteiger partial charge in [0.2, 0.25) is 0 Å². The van der Waals surface area contributed by atoms with Crippen molar-refractivity contribution in [3.05, 3.63) is 101 Å². The summed E-state index contributed by atoms with van der Waals surface area (Å²) in [4.78, 5) is 26.0. The molecule has 0 aromatic heterocycles. The average Bonchev–Trinajstić information content (AvgIpc) is 2.73. The maximum absolute atomic E-state index is 13.3. The number of hydrogen-bond acceptors (Lipinski definition) is 2. The maximum Gasteiger partial charge on any atom is 0.279 e. The predicted octanol–water partition coefficient (Wildman–Crippen LogP) is 2.41. The Balaban J connectivity index is 1.58. The molecule has 0 aliphatic carbocycles. The quantitative estimate of drug-likeness (QED) is 0.538. The zero-order valence-electron chi connectivity index (χ0n) is 16.8. The average molecular weight is 406 g/mol. The molecule has 0 fully saturated rings. The van der Waals surface area contributed by atoms with Crippen LogP contribution in [0.25, 0.3) is 0 Å². The number of amides is 2. The minimum Gasteiger partial charge on any atom is -0.348 e. The number of anilines is 1. The van der Waals surface area contributed by atoms with E-state index in [-0.39, 0.29) is 24.2 Å². The molecular weight excluding hydrogens is 381 g/mol. The number of nitrogens with one attached hydrogen (secondary N) is 3. The summed E-state index contributed by atoms with van der Waals surface area (Å²) in [6.45, 7) is 1.11. The van der Waals surface area contributed by atoms with Crippen LogP contribution in [-0.2, 0) is 17.9 Å². The van der Waals surface area contributed by atoms with Crippen molar-refractivity contribution in [1.82, 2.24) is 5.32 Å². The minimum atomic E-state index is -0.291. The van der Waals surface area contributed by atoms with Crippen molar-refractivity contribution >= 4 is 17.5 Å². The third kappa shape index (κ3) is 6.25. The van der Waals surface area contributed by atoms with E-state index in [4.69, 9.17) is 0 Å². The fraction of sp³-hybridized carbons (Fsp3) is 0.167. The highest BCUT2D eigenvalue weighted by atomic mass is 19.1. The van der Waals surface area contributed by atoms with E-state index in [9.17, 15) is 14.0 Å². The molecule has 0 heterocycles. The Bertz CT molecular complexity index is 1010. The minimum absolute atomic E-state index is 0.191. The number of likely N-dealkylation sites (N-methyl/N-ethyl adjacent to an activating group) is 1. The van der Waals surface area contributed by atoms with Crippen molar-refractivity contribution in [2.75, 3.05) is 18.9 Å². The highest BCUT2D eigenvalue weighted by Gasteiger charge is 2.16. The van der Waals surface area contributed by atoms with Gasteiger partial charge < -0.3 is 15.5 Å². The Morgan fingerprint density at radius 1 is 0.900 bits per heavy atom. The normalized spacial score (nSPS) is 11.5. The molecule has 30 heavy (non-hydrogen) atoms. The van der Waals surface area contributed by atoms with E-state index in [0.717, 1.165) is 16.0 Å². The fourth-order valence-electron chi connectivity index (χ4n) is 3.19. The fourth-order valence-corrected chi connectivity index (χ4v) is 3.19. The lowest BCUT2D eigenvalue weighted by molar-refractivity contribution is -0.885. The first-order valence-corrected chi connectivity index (χ1v) is 9.78. The van der Waals surface area contributed by atoms with Gasteiger partial charge >= 0.3 is 0 Å². The van der Waals surface area contributed by atoms with E-state index in [1.165, 1.54) is 12.1 Å². The molecule has 3 rings (SSSR count). The van der Waals surface area contributed by atoms with Crippen molar-refractivity contribution in [2.45, 2.75) is 13.1 Å². The van der Waals surface area contributed by atoms with Crippen LogP contribution < -0.4 is 15.5 Å². The number of rotatable bonds is 8. The monoisotopic (exact) mass is 406 g/mol. The Morgan fingerprint density at radius 3 is 2.37 bits per heavy atom. The van der Waals surface area contributed by atoms with Crippen molar-refractivity contribution in [3.63, 3.8) is 0 Å². The molecule has 1 atom stereocenters. The van der Waals surface area contributed by atoms with Crippen LogP contribution in [0, 0.1) is 5.82 Å². The first-order valence-electron chi connectivity index (χ1n) is 9.78. The number of para-hydroxylation sites is 1. The van der Waals surface area contributed by atoms with E-state index < -0.39 is 0 Å². The third-order valence-electron chi connectivity index (χ3n) is 4.60. The van der Waals surface area contributed by atoms with Gasteiger partial charge in [-0.1, -0.05) is 54.6 Å². The molecule has 1 unspecified atom stereocenters. The second kappa shape index (κ2) is 10.3. The lowest BCUT2D eigenvalue weighted by Crippen LogP contribution is -3.08. The van der Waals surface area contributed by atoms with Gasteiger partial charge in [0.15, 0.2) is 6.54 Å².